The number of hydrogen-bond donors (Lipinski definition) is 2. The van der Waals surface area contributed by atoms with E-state index < -0.39 is 17.6 Å². The number of halogens is 4. The molecular weight excluding hydrogens is 427 g/mol. The van der Waals surface area contributed by atoms with E-state index in [1.807, 2.05) is 13.8 Å². The average Bonchev–Trinajstić information content (AvgIpc) is 3.13. The minimum absolute atomic E-state index is 0.0282. The third kappa shape index (κ3) is 3.75. The second-order valence-electron chi connectivity index (χ2n) is 5.98. The molecule has 142 valence electrons. The fraction of sp³-hybridized carbons (Fsp3) is 0.235. The number of aromatic amines is 1. The molecule has 0 aliphatic carbocycles. The van der Waals surface area contributed by atoms with Gasteiger partial charge >= 0.3 is 6.18 Å². The smallest absolute Gasteiger partial charge is 0.321 e. The number of carbonyl (C=O) groups is 1. The molecule has 0 radical (unpaired) electrons. The maximum Gasteiger partial charge on any atom is 0.417 e. The van der Waals surface area contributed by atoms with Gasteiger partial charge in [0.1, 0.15) is 5.69 Å². The van der Waals surface area contributed by atoms with Crippen LogP contribution in [0.3, 0.4) is 0 Å². The number of amides is 1. The van der Waals surface area contributed by atoms with Crippen LogP contribution in [-0.4, -0.2) is 25.9 Å². The van der Waals surface area contributed by atoms with Crippen LogP contribution in [0.15, 0.2) is 28.7 Å². The van der Waals surface area contributed by atoms with Crippen LogP contribution < -0.4 is 5.32 Å². The van der Waals surface area contributed by atoms with E-state index in [-0.39, 0.29) is 15.9 Å². The van der Waals surface area contributed by atoms with Crippen molar-refractivity contribution in [3.05, 3.63) is 51.4 Å². The average molecular weight is 442 g/mol. The highest BCUT2D eigenvalue weighted by atomic mass is 79.9. The number of alkyl halides is 3. The zero-order chi connectivity index (χ0) is 19.9. The summed E-state index contributed by atoms with van der Waals surface area (Å²) in [5, 5.41) is 13.5. The van der Waals surface area contributed by atoms with Crippen LogP contribution >= 0.6 is 15.9 Å². The van der Waals surface area contributed by atoms with Gasteiger partial charge in [0.05, 0.1) is 17.0 Å². The van der Waals surface area contributed by atoms with Crippen molar-refractivity contribution >= 4 is 27.5 Å². The van der Waals surface area contributed by atoms with Gasteiger partial charge in [0.15, 0.2) is 0 Å². The lowest BCUT2D eigenvalue weighted by atomic mass is 10.1. The van der Waals surface area contributed by atoms with Gasteiger partial charge in [-0.1, -0.05) is 15.9 Å². The summed E-state index contributed by atoms with van der Waals surface area (Å²) >= 11 is 2.87. The Labute approximate surface area is 160 Å². The third-order valence-corrected chi connectivity index (χ3v) is 4.81. The first-order chi connectivity index (χ1) is 12.6. The number of aromatic nitrogens is 4. The van der Waals surface area contributed by atoms with Crippen molar-refractivity contribution in [3.8, 4) is 11.3 Å². The van der Waals surface area contributed by atoms with Gasteiger partial charge < -0.3 is 5.32 Å². The number of nitrogens with one attached hydrogen (secondary N) is 2. The number of H-pyrrole nitrogens is 1. The Morgan fingerprint density at radius 3 is 2.56 bits per heavy atom. The fourth-order valence-corrected chi connectivity index (χ4v) is 3.20. The number of carbonyl (C=O) groups excluding carboxylic acids is 1. The lowest BCUT2D eigenvalue weighted by Crippen LogP contribution is -2.14. The molecule has 27 heavy (non-hydrogen) atoms. The van der Waals surface area contributed by atoms with Crippen LogP contribution in [-0.2, 0) is 13.2 Å². The van der Waals surface area contributed by atoms with Crippen molar-refractivity contribution in [2.45, 2.75) is 20.0 Å². The fourth-order valence-electron chi connectivity index (χ4n) is 2.73. The highest BCUT2D eigenvalue weighted by Gasteiger charge is 2.33. The van der Waals surface area contributed by atoms with E-state index in [0.717, 1.165) is 23.0 Å². The summed E-state index contributed by atoms with van der Waals surface area (Å²) in [7, 11) is 1.80. The number of aryl methyl sites for hydroxylation is 2. The second kappa shape index (κ2) is 6.84. The molecule has 0 saturated heterocycles. The van der Waals surface area contributed by atoms with Gasteiger partial charge in [-0.05, 0) is 38.1 Å². The van der Waals surface area contributed by atoms with Crippen molar-refractivity contribution in [1.29, 1.82) is 0 Å². The molecule has 1 amide bonds. The molecule has 6 nitrogen and oxygen atoms in total. The summed E-state index contributed by atoms with van der Waals surface area (Å²) in [4.78, 5) is 12.4. The van der Waals surface area contributed by atoms with Crippen LogP contribution in [0, 0.1) is 13.8 Å². The standard InChI is InChI=1S/C17H15BrF3N5O/c1-8-15(9(2)26(3)25-8)13-7-14(24-23-13)16(27)22-10-4-5-12(18)11(6-10)17(19,20)21/h4-7H,1-3H3,(H,22,27)(H,23,24). The van der Waals surface area contributed by atoms with Crippen LogP contribution in [0.5, 0.6) is 0 Å². The minimum atomic E-state index is -4.53. The van der Waals surface area contributed by atoms with Crippen LogP contribution in [0.4, 0.5) is 18.9 Å². The molecule has 2 aromatic heterocycles. The second-order valence-corrected chi connectivity index (χ2v) is 6.84. The summed E-state index contributed by atoms with van der Waals surface area (Å²) in [6, 6.07) is 5.02. The molecule has 0 fully saturated rings. The summed E-state index contributed by atoms with van der Waals surface area (Å²) in [6.45, 7) is 3.71. The largest absolute Gasteiger partial charge is 0.417 e. The third-order valence-electron chi connectivity index (χ3n) is 4.12. The topological polar surface area (TPSA) is 75.6 Å². The van der Waals surface area contributed by atoms with Crippen molar-refractivity contribution in [3.63, 3.8) is 0 Å². The van der Waals surface area contributed by atoms with Gasteiger partial charge in [-0.3, -0.25) is 14.6 Å². The number of benzene rings is 1. The predicted molar refractivity (Wildman–Crippen MR) is 97.4 cm³/mol. The van der Waals surface area contributed by atoms with Gasteiger partial charge in [0.25, 0.3) is 5.91 Å². The molecule has 2 heterocycles. The molecule has 0 saturated carbocycles. The highest BCUT2D eigenvalue weighted by Crippen LogP contribution is 2.36. The number of rotatable bonds is 3. The lowest BCUT2D eigenvalue weighted by molar-refractivity contribution is -0.138. The Bertz CT molecular complexity index is 1020. The van der Waals surface area contributed by atoms with Crippen LogP contribution in [0.25, 0.3) is 11.3 Å². The van der Waals surface area contributed by atoms with E-state index in [4.69, 9.17) is 0 Å². The molecule has 0 spiro atoms. The molecule has 0 atom stereocenters. The van der Waals surface area contributed by atoms with Gasteiger partial charge in [0.2, 0.25) is 0 Å². The molecule has 10 heteroatoms. The number of anilines is 1. The first-order valence-corrected chi connectivity index (χ1v) is 8.61. The molecule has 1 aromatic carbocycles. The Morgan fingerprint density at radius 2 is 1.96 bits per heavy atom. The Morgan fingerprint density at radius 1 is 1.26 bits per heavy atom. The summed E-state index contributed by atoms with van der Waals surface area (Å²) in [6.07, 6.45) is -4.53. The highest BCUT2D eigenvalue weighted by molar-refractivity contribution is 9.10. The van der Waals surface area contributed by atoms with Crippen molar-refractivity contribution in [2.75, 3.05) is 5.32 Å². The zero-order valence-electron chi connectivity index (χ0n) is 14.6. The quantitative estimate of drug-likeness (QED) is 0.629. The maximum absolute atomic E-state index is 13.0. The monoisotopic (exact) mass is 441 g/mol. The molecule has 0 unspecified atom stereocenters. The Kier molecular flexibility index (Phi) is 4.85. The maximum atomic E-state index is 13.0. The predicted octanol–water partition coefficient (Wildman–Crippen LogP) is 4.46. The van der Waals surface area contributed by atoms with Crippen molar-refractivity contribution in [2.24, 2.45) is 7.05 Å². The van der Waals surface area contributed by atoms with Crippen LogP contribution in [0.2, 0.25) is 0 Å². The first kappa shape index (κ1) is 19.2. The zero-order valence-corrected chi connectivity index (χ0v) is 16.2. The van der Waals surface area contributed by atoms with E-state index in [1.165, 1.54) is 18.2 Å². The molecule has 0 aliphatic heterocycles. The van der Waals surface area contributed by atoms with E-state index in [2.05, 4.69) is 36.5 Å². The molecule has 3 rings (SSSR count). The van der Waals surface area contributed by atoms with Gasteiger partial charge in [-0.25, -0.2) is 0 Å². The normalized spacial score (nSPS) is 11.7. The number of nitrogens with zero attached hydrogens (tertiary/aromatic N) is 3. The SMILES string of the molecule is Cc1nn(C)c(C)c1-c1cc(C(=O)Nc2ccc(Br)c(C(F)(F)F)c2)[nH]n1. The van der Waals surface area contributed by atoms with Gasteiger partial charge in [-0.2, -0.15) is 23.4 Å². The molecule has 0 aliphatic rings. The Hall–Kier alpha value is -2.62. The first-order valence-electron chi connectivity index (χ1n) is 7.82. The van der Waals surface area contributed by atoms with E-state index >= 15 is 0 Å². The van der Waals surface area contributed by atoms with E-state index in [0.29, 0.717) is 5.69 Å². The number of hydrogen-bond acceptors (Lipinski definition) is 3. The molecule has 2 N–H and O–H groups in total. The van der Waals surface area contributed by atoms with Crippen molar-refractivity contribution < 1.29 is 18.0 Å². The van der Waals surface area contributed by atoms with E-state index in [1.54, 1.807) is 11.7 Å². The van der Waals surface area contributed by atoms with Crippen molar-refractivity contribution in [1.82, 2.24) is 20.0 Å². The summed E-state index contributed by atoms with van der Waals surface area (Å²) in [5.74, 6) is -0.594. The lowest BCUT2D eigenvalue weighted by Gasteiger charge is -2.11. The molecule has 3 aromatic rings. The summed E-state index contributed by atoms with van der Waals surface area (Å²) in [5.41, 5.74) is 2.27. The molecular formula is C17H15BrF3N5O. The van der Waals surface area contributed by atoms with E-state index in [9.17, 15) is 18.0 Å². The Balaban J connectivity index is 1.85. The molecule has 0 bridgehead atoms. The van der Waals surface area contributed by atoms with Crippen LogP contribution in [0.1, 0.15) is 27.4 Å². The summed E-state index contributed by atoms with van der Waals surface area (Å²) < 4.78 is 40.6. The van der Waals surface area contributed by atoms with Gasteiger partial charge in [-0.15, -0.1) is 0 Å². The minimum Gasteiger partial charge on any atom is -0.321 e. The van der Waals surface area contributed by atoms with Gasteiger partial charge in [0, 0.05) is 28.5 Å².